The van der Waals surface area contributed by atoms with Gasteiger partial charge in [0.25, 0.3) is 0 Å². The second kappa shape index (κ2) is 8.48. The monoisotopic (exact) mass is 488 g/mol. The van der Waals surface area contributed by atoms with Crippen molar-refractivity contribution in [2.24, 2.45) is 0 Å². The summed E-state index contributed by atoms with van der Waals surface area (Å²) < 4.78 is 10.4. The van der Waals surface area contributed by atoms with Crippen LogP contribution in [-0.2, 0) is 30.1 Å². The number of rotatable bonds is 4. The highest BCUT2D eigenvalue weighted by Crippen LogP contribution is 2.52. The fraction of sp³-hybridized carbons (Fsp3) is 0.393. The lowest BCUT2D eigenvalue weighted by Gasteiger charge is -2.27. The Balaban J connectivity index is 1.15. The van der Waals surface area contributed by atoms with Crippen molar-refractivity contribution in [3.63, 3.8) is 0 Å². The molecule has 2 fully saturated rings. The minimum absolute atomic E-state index is 0.125. The molecule has 6 rings (SSSR count). The molecule has 8 nitrogen and oxygen atoms in total. The molecule has 1 atom stereocenters. The van der Waals surface area contributed by atoms with Crippen LogP contribution in [0, 0.1) is 0 Å². The van der Waals surface area contributed by atoms with Gasteiger partial charge in [-0.1, -0.05) is 48.5 Å². The molecule has 0 radical (unpaired) electrons. The number of nitrogens with zero attached hydrogens (tertiary/aromatic N) is 2. The summed E-state index contributed by atoms with van der Waals surface area (Å²) in [6, 6.07) is 15.8. The third kappa shape index (κ3) is 3.67. The number of carbonyl (C=O) groups is 3. The first kappa shape index (κ1) is 22.8. The number of ether oxygens (including phenoxy) is 2. The van der Waals surface area contributed by atoms with Crippen LogP contribution in [-0.4, -0.2) is 61.3 Å². The zero-order valence-corrected chi connectivity index (χ0v) is 20.2. The van der Waals surface area contributed by atoms with E-state index < -0.39 is 17.2 Å². The second-order valence-corrected chi connectivity index (χ2v) is 9.98. The lowest BCUT2D eigenvalue weighted by atomic mass is 9.90. The van der Waals surface area contributed by atoms with E-state index in [2.05, 4.69) is 29.0 Å². The van der Waals surface area contributed by atoms with Crippen LogP contribution in [0.5, 0.6) is 0 Å². The summed E-state index contributed by atoms with van der Waals surface area (Å²) in [5.74, 6) is -0.173. The van der Waals surface area contributed by atoms with Crippen molar-refractivity contribution in [3.05, 3.63) is 76.9 Å². The van der Waals surface area contributed by atoms with Crippen molar-refractivity contribution in [1.82, 2.24) is 9.96 Å². The van der Waals surface area contributed by atoms with Gasteiger partial charge in [0.1, 0.15) is 0 Å². The summed E-state index contributed by atoms with van der Waals surface area (Å²) >= 11 is 0. The molecule has 36 heavy (non-hydrogen) atoms. The number of esters is 1. The zero-order valence-electron chi connectivity index (χ0n) is 20.2. The molecule has 0 bridgehead atoms. The van der Waals surface area contributed by atoms with Crippen molar-refractivity contribution in [3.8, 4) is 0 Å². The van der Waals surface area contributed by atoms with E-state index in [0.29, 0.717) is 38.2 Å². The molecule has 1 spiro atoms. The van der Waals surface area contributed by atoms with Crippen molar-refractivity contribution in [1.29, 1.82) is 0 Å². The fourth-order valence-electron chi connectivity index (χ4n) is 5.80. The quantitative estimate of drug-likeness (QED) is 0.605. The number of hydroxylamine groups is 2. The Hall–Kier alpha value is -3.65. The van der Waals surface area contributed by atoms with Crippen molar-refractivity contribution in [2.75, 3.05) is 33.3 Å². The number of methoxy groups -OCH3 is 1. The molecule has 0 aromatic heterocycles. The molecule has 1 saturated carbocycles. The summed E-state index contributed by atoms with van der Waals surface area (Å²) in [7, 11) is 1.29. The van der Waals surface area contributed by atoms with Crippen LogP contribution in [0.25, 0.3) is 5.57 Å². The van der Waals surface area contributed by atoms with E-state index in [9.17, 15) is 14.4 Å². The first-order valence-corrected chi connectivity index (χ1v) is 12.4. The molecule has 186 valence electrons. The van der Waals surface area contributed by atoms with Crippen LogP contribution in [0.4, 0.5) is 4.79 Å². The highest BCUT2D eigenvalue weighted by molar-refractivity contribution is 5.96. The summed E-state index contributed by atoms with van der Waals surface area (Å²) in [5.41, 5.74) is 3.63. The van der Waals surface area contributed by atoms with Gasteiger partial charge in [-0.05, 0) is 42.0 Å². The number of hydrogen-bond donors (Lipinski definition) is 0. The van der Waals surface area contributed by atoms with Gasteiger partial charge in [-0.2, -0.15) is 0 Å². The lowest BCUT2D eigenvalue weighted by Crippen LogP contribution is -2.40. The molecule has 4 aliphatic rings. The Morgan fingerprint density at radius 3 is 2.47 bits per heavy atom. The maximum atomic E-state index is 13.7. The SMILES string of the molecule is COC(=O)ON1CC=C(c2ccc(C3(C(=O)N4CCC5(C4)OC(=O)c4ccccc45)CC3)cc2)CC1. The van der Waals surface area contributed by atoms with Gasteiger partial charge < -0.3 is 19.2 Å². The maximum Gasteiger partial charge on any atom is 0.527 e. The molecule has 3 aliphatic heterocycles. The van der Waals surface area contributed by atoms with Crippen molar-refractivity contribution >= 4 is 23.6 Å². The van der Waals surface area contributed by atoms with Gasteiger partial charge in [0.15, 0.2) is 5.60 Å². The molecule has 8 heteroatoms. The van der Waals surface area contributed by atoms with Gasteiger partial charge in [-0.3, -0.25) is 4.79 Å². The van der Waals surface area contributed by atoms with E-state index in [4.69, 9.17) is 9.57 Å². The third-order valence-electron chi connectivity index (χ3n) is 7.95. The Morgan fingerprint density at radius 2 is 1.78 bits per heavy atom. The Kier molecular flexibility index (Phi) is 5.37. The molecule has 1 saturated heterocycles. The molecular formula is C28H28N2O6. The van der Waals surface area contributed by atoms with E-state index in [1.54, 1.807) is 11.1 Å². The van der Waals surface area contributed by atoms with Crippen molar-refractivity contribution < 1.29 is 28.7 Å². The number of carbonyl (C=O) groups excluding carboxylic acids is 3. The van der Waals surface area contributed by atoms with Gasteiger partial charge in [0.05, 0.1) is 31.2 Å². The molecule has 2 aromatic carbocycles. The molecule has 0 N–H and O–H groups in total. The zero-order chi connectivity index (χ0) is 24.9. The summed E-state index contributed by atoms with van der Waals surface area (Å²) in [6.45, 7) is 2.08. The number of hydrogen-bond acceptors (Lipinski definition) is 7. The fourth-order valence-corrected chi connectivity index (χ4v) is 5.80. The van der Waals surface area contributed by atoms with E-state index in [-0.39, 0.29) is 11.9 Å². The topological polar surface area (TPSA) is 85.4 Å². The van der Waals surface area contributed by atoms with Crippen LogP contribution in [0.15, 0.2) is 54.6 Å². The summed E-state index contributed by atoms with van der Waals surface area (Å²) in [6.07, 6.45) is 4.36. The van der Waals surface area contributed by atoms with Crippen LogP contribution in [0.1, 0.15) is 52.7 Å². The van der Waals surface area contributed by atoms with Gasteiger partial charge in [0.2, 0.25) is 5.91 Å². The Morgan fingerprint density at radius 1 is 1.00 bits per heavy atom. The average Bonchev–Trinajstić information content (AvgIpc) is 3.55. The minimum atomic E-state index is -0.720. The predicted octanol–water partition coefficient (Wildman–Crippen LogP) is 3.80. The smallest absolute Gasteiger partial charge is 0.449 e. The second-order valence-electron chi connectivity index (χ2n) is 9.98. The Bertz CT molecular complexity index is 1270. The van der Waals surface area contributed by atoms with Gasteiger partial charge in [-0.25, -0.2) is 9.59 Å². The third-order valence-corrected chi connectivity index (χ3v) is 7.95. The van der Waals surface area contributed by atoms with Crippen LogP contribution < -0.4 is 0 Å². The number of fused-ring (bicyclic) bond motifs is 2. The lowest BCUT2D eigenvalue weighted by molar-refractivity contribution is -0.134. The van der Waals surface area contributed by atoms with Gasteiger partial charge in [-0.15, -0.1) is 5.06 Å². The minimum Gasteiger partial charge on any atom is -0.449 e. The van der Waals surface area contributed by atoms with Crippen LogP contribution >= 0.6 is 0 Å². The normalized spacial score (nSPS) is 24.2. The molecule has 1 unspecified atom stereocenters. The number of likely N-dealkylation sites (tertiary alicyclic amines) is 1. The Labute approximate surface area is 209 Å². The van der Waals surface area contributed by atoms with Crippen molar-refractivity contribution in [2.45, 2.75) is 36.7 Å². The molecule has 1 amide bonds. The van der Waals surface area contributed by atoms with Gasteiger partial charge in [0, 0.05) is 25.1 Å². The van der Waals surface area contributed by atoms with E-state index in [0.717, 1.165) is 36.0 Å². The predicted molar refractivity (Wildman–Crippen MR) is 130 cm³/mol. The molecule has 1 aliphatic carbocycles. The average molecular weight is 489 g/mol. The summed E-state index contributed by atoms with van der Waals surface area (Å²) in [5, 5.41) is 1.57. The van der Waals surface area contributed by atoms with Crippen LogP contribution in [0.2, 0.25) is 0 Å². The first-order chi connectivity index (χ1) is 17.4. The van der Waals surface area contributed by atoms with Crippen LogP contribution in [0.3, 0.4) is 0 Å². The molecule has 3 heterocycles. The number of amides is 1. The summed E-state index contributed by atoms with van der Waals surface area (Å²) in [4.78, 5) is 44.4. The largest absolute Gasteiger partial charge is 0.527 e. The maximum absolute atomic E-state index is 13.7. The van der Waals surface area contributed by atoms with E-state index in [1.165, 1.54) is 12.7 Å². The molecular weight excluding hydrogens is 460 g/mol. The number of benzene rings is 2. The highest BCUT2D eigenvalue weighted by Gasteiger charge is 2.57. The standard InChI is InChI=1S/C28H28N2O6/c1-34-26(33)36-30-15-10-20(11-16-30)19-6-8-21(9-7-19)27(12-13-27)25(32)29-17-14-28(18-29)23-5-3-2-4-22(23)24(31)35-28/h2-10H,11-18H2,1H3. The highest BCUT2D eigenvalue weighted by atomic mass is 16.8. The first-order valence-electron chi connectivity index (χ1n) is 12.4. The van der Waals surface area contributed by atoms with Gasteiger partial charge >= 0.3 is 12.1 Å². The molecule has 2 aromatic rings. The van der Waals surface area contributed by atoms with E-state index in [1.807, 2.05) is 29.2 Å². The van der Waals surface area contributed by atoms with E-state index >= 15 is 0 Å².